The molecule has 0 aromatic heterocycles. The molecule has 3 amide bonds. The summed E-state index contributed by atoms with van der Waals surface area (Å²) >= 11 is 9.22. The van der Waals surface area contributed by atoms with E-state index in [2.05, 4.69) is 26.7 Å². The monoisotopic (exact) mass is 507 g/mol. The molecule has 0 spiro atoms. The van der Waals surface area contributed by atoms with Crippen LogP contribution in [0.3, 0.4) is 0 Å². The lowest BCUT2D eigenvalue weighted by molar-refractivity contribution is -0.151. The van der Waals surface area contributed by atoms with E-state index in [1.807, 2.05) is 6.92 Å². The molecule has 0 radical (unpaired) electrons. The molecule has 0 aliphatic carbocycles. The van der Waals surface area contributed by atoms with E-state index in [1.165, 1.54) is 0 Å². The zero-order chi connectivity index (χ0) is 22.5. The lowest BCUT2D eigenvalue weighted by atomic mass is 10.1. The molecule has 2 aromatic carbocycles. The standard InChI is InChI=1S/C21H19BrClN3O5/c1-12-2-4-13(5-3-12)20(29)25-26-10-14(8-19(26)28)21(30)31-11-18(27)24-15-6-7-16(22)17(23)9-15/h2-7,9,14H,8,10-11H2,1H3,(H,24,27)(H,25,29)/t14-/m1/s1. The average Bonchev–Trinajstić information content (AvgIpc) is 3.10. The number of amides is 3. The van der Waals surface area contributed by atoms with E-state index in [0.29, 0.717) is 20.7 Å². The lowest BCUT2D eigenvalue weighted by Crippen LogP contribution is -2.43. The maximum absolute atomic E-state index is 12.3. The van der Waals surface area contributed by atoms with Crippen molar-refractivity contribution >= 4 is 56.9 Å². The molecule has 10 heteroatoms. The molecule has 2 N–H and O–H groups in total. The average molecular weight is 509 g/mol. The fourth-order valence-electron chi connectivity index (χ4n) is 2.89. The number of benzene rings is 2. The van der Waals surface area contributed by atoms with Crippen LogP contribution in [0.5, 0.6) is 0 Å². The van der Waals surface area contributed by atoms with Crippen molar-refractivity contribution in [1.82, 2.24) is 10.4 Å². The highest BCUT2D eigenvalue weighted by Gasteiger charge is 2.36. The molecule has 0 bridgehead atoms. The lowest BCUT2D eigenvalue weighted by Gasteiger charge is -2.17. The third kappa shape index (κ3) is 6.05. The van der Waals surface area contributed by atoms with Gasteiger partial charge in [0.1, 0.15) is 0 Å². The second-order valence-corrected chi connectivity index (χ2v) is 8.26. The normalized spacial score (nSPS) is 15.5. The van der Waals surface area contributed by atoms with Gasteiger partial charge in [-0.05, 0) is 53.2 Å². The van der Waals surface area contributed by atoms with Crippen LogP contribution in [-0.2, 0) is 19.1 Å². The summed E-state index contributed by atoms with van der Waals surface area (Å²) in [5, 5.41) is 4.08. The van der Waals surface area contributed by atoms with Crippen molar-refractivity contribution in [3.05, 3.63) is 63.1 Å². The first-order valence-electron chi connectivity index (χ1n) is 9.32. The predicted octanol–water partition coefficient (Wildman–Crippen LogP) is 3.09. The molecular formula is C21H19BrClN3O5. The van der Waals surface area contributed by atoms with Gasteiger partial charge in [0.15, 0.2) is 6.61 Å². The topological polar surface area (TPSA) is 105 Å². The van der Waals surface area contributed by atoms with E-state index >= 15 is 0 Å². The third-order valence-electron chi connectivity index (χ3n) is 4.56. The molecule has 0 saturated carbocycles. The minimum absolute atomic E-state index is 0.0286. The van der Waals surface area contributed by atoms with Crippen molar-refractivity contribution in [3.8, 4) is 0 Å². The Morgan fingerprint density at radius 3 is 2.58 bits per heavy atom. The second kappa shape index (κ2) is 9.93. The molecule has 1 aliphatic rings. The quantitative estimate of drug-likeness (QED) is 0.584. The van der Waals surface area contributed by atoms with Crippen LogP contribution in [0.1, 0.15) is 22.3 Å². The summed E-state index contributed by atoms with van der Waals surface area (Å²) in [7, 11) is 0. The summed E-state index contributed by atoms with van der Waals surface area (Å²) in [6.07, 6.45) is -0.114. The summed E-state index contributed by atoms with van der Waals surface area (Å²) in [6.45, 7) is 1.36. The molecule has 1 saturated heterocycles. The molecule has 2 aromatic rings. The summed E-state index contributed by atoms with van der Waals surface area (Å²) in [5.74, 6) is -2.86. The number of carbonyl (C=O) groups excluding carboxylic acids is 4. The van der Waals surface area contributed by atoms with Crippen molar-refractivity contribution in [3.63, 3.8) is 0 Å². The Labute approximate surface area is 192 Å². The minimum Gasteiger partial charge on any atom is -0.455 e. The van der Waals surface area contributed by atoms with Crippen LogP contribution >= 0.6 is 27.5 Å². The number of esters is 1. The highest BCUT2D eigenvalue weighted by Crippen LogP contribution is 2.25. The Morgan fingerprint density at radius 1 is 1.19 bits per heavy atom. The van der Waals surface area contributed by atoms with Crippen LogP contribution in [-0.4, -0.2) is 41.9 Å². The fourth-order valence-corrected chi connectivity index (χ4v) is 3.32. The Morgan fingerprint density at radius 2 is 1.90 bits per heavy atom. The Kier molecular flexibility index (Phi) is 7.29. The first kappa shape index (κ1) is 22.8. The number of nitrogens with zero attached hydrogens (tertiary/aromatic N) is 1. The Bertz CT molecular complexity index is 1030. The van der Waals surface area contributed by atoms with Gasteiger partial charge in [0.05, 0.1) is 17.5 Å². The van der Waals surface area contributed by atoms with Crippen LogP contribution in [0.15, 0.2) is 46.9 Å². The van der Waals surface area contributed by atoms with Crippen molar-refractivity contribution in [2.24, 2.45) is 5.92 Å². The van der Waals surface area contributed by atoms with Crippen LogP contribution in [0.4, 0.5) is 5.69 Å². The molecule has 8 nitrogen and oxygen atoms in total. The van der Waals surface area contributed by atoms with Crippen LogP contribution < -0.4 is 10.7 Å². The zero-order valence-electron chi connectivity index (χ0n) is 16.5. The number of halogens is 2. The number of hydrazine groups is 1. The van der Waals surface area contributed by atoms with Crippen molar-refractivity contribution in [1.29, 1.82) is 0 Å². The zero-order valence-corrected chi connectivity index (χ0v) is 18.8. The van der Waals surface area contributed by atoms with Crippen molar-refractivity contribution in [2.75, 3.05) is 18.5 Å². The number of ether oxygens (including phenoxy) is 1. The molecule has 1 fully saturated rings. The van der Waals surface area contributed by atoms with Gasteiger partial charge >= 0.3 is 5.97 Å². The predicted molar refractivity (Wildman–Crippen MR) is 117 cm³/mol. The first-order valence-corrected chi connectivity index (χ1v) is 10.5. The van der Waals surface area contributed by atoms with E-state index in [-0.39, 0.29) is 13.0 Å². The first-order chi connectivity index (χ1) is 14.7. The number of hydrogen-bond acceptors (Lipinski definition) is 5. The Balaban J connectivity index is 1.48. The molecule has 3 rings (SSSR count). The Hall–Kier alpha value is -2.91. The SMILES string of the molecule is Cc1ccc(C(=O)NN2C[C@H](C(=O)OCC(=O)Nc3ccc(Br)c(Cl)c3)CC2=O)cc1. The molecule has 0 unspecified atom stereocenters. The van der Waals surface area contributed by atoms with Gasteiger partial charge in [-0.15, -0.1) is 0 Å². The second-order valence-electron chi connectivity index (χ2n) is 7.00. The van der Waals surface area contributed by atoms with Crippen LogP contribution in [0, 0.1) is 12.8 Å². The molecule has 1 atom stereocenters. The maximum Gasteiger partial charge on any atom is 0.311 e. The van der Waals surface area contributed by atoms with Gasteiger partial charge in [-0.2, -0.15) is 0 Å². The molecular weight excluding hydrogens is 490 g/mol. The minimum atomic E-state index is -0.777. The smallest absolute Gasteiger partial charge is 0.311 e. The van der Waals surface area contributed by atoms with Gasteiger partial charge in [-0.3, -0.25) is 29.6 Å². The number of nitrogens with one attached hydrogen (secondary N) is 2. The van der Waals surface area contributed by atoms with Crippen molar-refractivity contribution < 1.29 is 23.9 Å². The summed E-state index contributed by atoms with van der Waals surface area (Å²) in [4.78, 5) is 48.7. The fraction of sp³-hybridized carbons (Fsp3) is 0.238. The highest BCUT2D eigenvalue weighted by atomic mass is 79.9. The van der Waals surface area contributed by atoms with E-state index in [4.69, 9.17) is 16.3 Å². The van der Waals surface area contributed by atoms with E-state index in [0.717, 1.165) is 10.6 Å². The van der Waals surface area contributed by atoms with E-state index in [9.17, 15) is 19.2 Å². The highest BCUT2D eigenvalue weighted by molar-refractivity contribution is 9.10. The third-order valence-corrected chi connectivity index (χ3v) is 5.79. The molecule has 1 heterocycles. The molecule has 31 heavy (non-hydrogen) atoms. The van der Waals surface area contributed by atoms with Crippen molar-refractivity contribution in [2.45, 2.75) is 13.3 Å². The number of hydrogen-bond donors (Lipinski definition) is 2. The van der Waals surface area contributed by atoms with Crippen LogP contribution in [0.2, 0.25) is 5.02 Å². The van der Waals surface area contributed by atoms with Gasteiger partial charge in [0.25, 0.3) is 11.8 Å². The summed E-state index contributed by atoms with van der Waals surface area (Å²) < 4.78 is 5.71. The number of carbonyl (C=O) groups is 4. The molecule has 1 aliphatic heterocycles. The van der Waals surface area contributed by atoms with E-state index < -0.39 is 36.2 Å². The maximum atomic E-state index is 12.3. The summed E-state index contributed by atoms with van der Waals surface area (Å²) in [5.41, 5.74) is 4.35. The number of anilines is 1. The van der Waals surface area contributed by atoms with E-state index in [1.54, 1.807) is 42.5 Å². The van der Waals surface area contributed by atoms with Gasteiger partial charge in [-0.1, -0.05) is 29.3 Å². The van der Waals surface area contributed by atoms with Gasteiger partial charge in [-0.25, -0.2) is 0 Å². The van der Waals surface area contributed by atoms with Crippen LogP contribution in [0.25, 0.3) is 0 Å². The number of rotatable bonds is 6. The molecule has 162 valence electrons. The van der Waals surface area contributed by atoms with Gasteiger partial charge in [0.2, 0.25) is 5.91 Å². The van der Waals surface area contributed by atoms with Gasteiger partial charge in [0, 0.05) is 22.1 Å². The van der Waals surface area contributed by atoms with Gasteiger partial charge < -0.3 is 10.1 Å². The largest absolute Gasteiger partial charge is 0.455 e. The summed E-state index contributed by atoms with van der Waals surface area (Å²) in [6, 6.07) is 11.7. The number of aryl methyl sites for hydroxylation is 1.